The Morgan fingerprint density at radius 1 is 1.13 bits per heavy atom. The van der Waals surface area contributed by atoms with Gasteiger partial charge in [0.05, 0.1) is 45.3 Å². The van der Waals surface area contributed by atoms with Gasteiger partial charge in [0.2, 0.25) is 6.79 Å². The Kier molecular flexibility index (Phi) is 9.31. The summed E-state index contributed by atoms with van der Waals surface area (Å²) in [6, 6.07) is 3.94. The van der Waals surface area contributed by atoms with Crippen molar-refractivity contribution in [2.45, 2.75) is 79.9 Å². The normalized spacial score (nSPS) is 32.7. The predicted octanol–water partition coefficient (Wildman–Crippen LogP) is 0.0414. The predicted molar refractivity (Wildman–Crippen MR) is 157 cm³/mol. The number of aliphatic hydroxyl groups is 4. The minimum atomic E-state index is -2.29. The van der Waals surface area contributed by atoms with Crippen molar-refractivity contribution in [3.05, 3.63) is 47.2 Å². The maximum absolute atomic E-state index is 13.9. The van der Waals surface area contributed by atoms with Gasteiger partial charge in [-0.25, -0.2) is 4.79 Å². The molecule has 252 valence electrons. The fourth-order valence-electron chi connectivity index (χ4n) is 7.36. The van der Waals surface area contributed by atoms with Crippen LogP contribution in [-0.2, 0) is 39.7 Å². The average molecular weight is 648 g/mol. The highest BCUT2D eigenvalue weighted by Gasteiger charge is 2.59. The van der Waals surface area contributed by atoms with Crippen molar-refractivity contribution < 1.29 is 63.2 Å². The number of fused-ring (bicyclic) bond motifs is 3. The zero-order valence-corrected chi connectivity index (χ0v) is 25.8. The number of benzene rings is 1. The molecule has 46 heavy (non-hydrogen) atoms. The lowest BCUT2D eigenvalue weighted by Crippen LogP contribution is -2.49. The molecule has 0 saturated carbocycles. The maximum atomic E-state index is 13.9. The first-order valence-corrected chi connectivity index (χ1v) is 15.5. The van der Waals surface area contributed by atoms with Gasteiger partial charge in [0, 0.05) is 13.0 Å². The van der Waals surface area contributed by atoms with Crippen LogP contribution in [0, 0.1) is 0 Å². The van der Waals surface area contributed by atoms with Gasteiger partial charge in [0.15, 0.2) is 29.5 Å². The fraction of sp³-hybridized carbons (Fsp3) is 0.625. The summed E-state index contributed by atoms with van der Waals surface area (Å²) >= 11 is 0. The van der Waals surface area contributed by atoms with E-state index >= 15 is 0 Å². The molecule has 4 aliphatic heterocycles. The molecule has 8 atom stereocenters. The van der Waals surface area contributed by atoms with Crippen molar-refractivity contribution >= 4 is 11.9 Å². The van der Waals surface area contributed by atoms with E-state index in [2.05, 4.69) is 4.90 Å². The van der Waals surface area contributed by atoms with E-state index in [9.17, 15) is 30.0 Å². The van der Waals surface area contributed by atoms with Crippen LogP contribution in [0.4, 0.5) is 0 Å². The van der Waals surface area contributed by atoms with Crippen LogP contribution in [0.15, 0.2) is 36.1 Å². The van der Waals surface area contributed by atoms with Gasteiger partial charge in [-0.05, 0) is 55.1 Å². The number of hydrogen-bond donors (Lipinski definition) is 4. The highest BCUT2D eigenvalue weighted by Crippen LogP contribution is 2.55. The number of methoxy groups -OCH3 is 2. The van der Waals surface area contributed by atoms with E-state index < -0.39 is 66.8 Å². The van der Waals surface area contributed by atoms with Crippen LogP contribution in [0.25, 0.3) is 0 Å². The van der Waals surface area contributed by atoms with Gasteiger partial charge in [0.25, 0.3) is 0 Å². The van der Waals surface area contributed by atoms with E-state index in [0.29, 0.717) is 17.3 Å². The Morgan fingerprint density at radius 3 is 2.63 bits per heavy atom. The highest BCUT2D eigenvalue weighted by atomic mass is 16.7. The van der Waals surface area contributed by atoms with E-state index in [1.165, 1.54) is 19.3 Å². The fourth-order valence-corrected chi connectivity index (χ4v) is 7.36. The highest BCUT2D eigenvalue weighted by molar-refractivity contribution is 5.86. The Hall–Kier alpha value is -3.24. The molecule has 0 aromatic heterocycles. The molecule has 0 radical (unpaired) electrons. The molecule has 1 aromatic rings. The maximum Gasteiger partial charge on any atom is 0.339 e. The third-order valence-electron chi connectivity index (χ3n) is 9.72. The molecule has 4 unspecified atom stereocenters. The number of esters is 2. The Labute approximate surface area is 266 Å². The SMILES string of the molecule is COC(=O)C[C@](O)(C/C=C/COC1OC(CO)C(O)C1O)C(=O)O[C@@H]1C(OC)=C[C@]23CCCN2CCc2cc4c(cc2[C@H]13)OCO4. The van der Waals surface area contributed by atoms with E-state index in [1.807, 2.05) is 18.2 Å². The van der Waals surface area contributed by atoms with E-state index in [-0.39, 0.29) is 25.7 Å². The minimum absolute atomic E-state index is 0.123. The van der Waals surface area contributed by atoms with E-state index in [0.717, 1.165) is 50.6 Å². The molecule has 2 saturated heterocycles. The monoisotopic (exact) mass is 647 g/mol. The van der Waals surface area contributed by atoms with Crippen LogP contribution < -0.4 is 9.47 Å². The zero-order chi connectivity index (χ0) is 32.6. The molecule has 1 aromatic carbocycles. The molecule has 1 aliphatic carbocycles. The van der Waals surface area contributed by atoms with Crippen LogP contribution in [0.3, 0.4) is 0 Å². The van der Waals surface area contributed by atoms with Crippen molar-refractivity contribution in [2.24, 2.45) is 0 Å². The van der Waals surface area contributed by atoms with Crippen molar-refractivity contribution in [2.75, 3.05) is 47.3 Å². The van der Waals surface area contributed by atoms with Crippen LogP contribution in [0.5, 0.6) is 11.5 Å². The number of ether oxygens (including phenoxy) is 7. The number of aliphatic hydroxyl groups excluding tert-OH is 3. The molecular formula is C32H41NO13. The summed E-state index contributed by atoms with van der Waals surface area (Å²) in [7, 11) is 2.68. The van der Waals surface area contributed by atoms with Gasteiger partial charge >= 0.3 is 11.9 Å². The topological polar surface area (TPSA) is 183 Å². The molecule has 1 spiro atoms. The molecule has 4 N–H and O–H groups in total. The van der Waals surface area contributed by atoms with Gasteiger partial charge in [-0.15, -0.1) is 0 Å². The molecule has 14 nitrogen and oxygen atoms in total. The molecule has 6 rings (SSSR count). The number of hydrogen-bond acceptors (Lipinski definition) is 14. The van der Waals surface area contributed by atoms with E-state index in [4.69, 9.17) is 33.2 Å². The number of carbonyl (C=O) groups is 2. The molecule has 4 heterocycles. The van der Waals surface area contributed by atoms with E-state index in [1.54, 1.807) is 0 Å². The lowest BCUT2D eigenvalue weighted by Gasteiger charge is -2.39. The first-order valence-electron chi connectivity index (χ1n) is 15.5. The van der Waals surface area contributed by atoms with Crippen LogP contribution >= 0.6 is 0 Å². The van der Waals surface area contributed by atoms with Crippen molar-refractivity contribution in [1.82, 2.24) is 4.90 Å². The second kappa shape index (κ2) is 13.1. The molecule has 2 fully saturated rings. The Bertz CT molecular complexity index is 1380. The standard InChI is InChI=1S/C32H41NO13/c1-40-22-14-31-7-5-9-33(31)10-6-18-12-20-21(44-17-43-20)13-19(18)25(31)28(22)46-30(38)32(39,15-24(35)41-2)8-3-4-11-42-29-27(37)26(36)23(16-34)45-29/h3-4,12-14,23,25-29,34,36-37,39H,5-11,15-17H2,1-2H3/b4-3+/t23?,25-,26?,27?,28-,29?,31+,32-/m1/s1. The van der Waals surface area contributed by atoms with Crippen LogP contribution in [0.1, 0.15) is 42.7 Å². The van der Waals surface area contributed by atoms with Crippen molar-refractivity contribution in [3.63, 3.8) is 0 Å². The second-order valence-electron chi connectivity index (χ2n) is 12.3. The van der Waals surface area contributed by atoms with Gasteiger partial charge in [-0.3, -0.25) is 9.69 Å². The summed E-state index contributed by atoms with van der Waals surface area (Å²) in [6.07, 6.45) is 0.752. The molecular weight excluding hydrogens is 606 g/mol. The summed E-state index contributed by atoms with van der Waals surface area (Å²) in [5, 5.41) is 40.8. The summed E-state index contributed by atoms with van der Waals surface area (Å²) < 4.78 is 38.8. The number of carbonyl (C=O) groups excluding carboxylic acids is 2. The van der Waals surface area contributed by atoms with Gasteiger partial charge in [0.1, 0.15) is 24.1 Å². The third-order valence-corrected chi connectivity index (χ3v) is 9.72. The average Bonchev–Trinajstić information content (AvgIpc) is 3.80. The van der Waals surface area contributed by atoms with Crippen molar-refractivity contribution in [1.29, 1.82) is 0 Å². The summed E-state index contributed by atoms with van der Waals surface area (Å²) in [4.78, 5) is 28.7. The number of nitrogens with zero attached hydrogens (tertiary/aromatic N) is 1. The molecule has 14 heteroatoms. The Morgan fingerprint density at radius 2 is 1.91 bits per heavy atom. The molecule has 0 amide bonds. The number of rotatable bonds is 11. The first-order chi connectivity index (χ1) is 22.1. The van der Waals surface area contributed by atoms with Gasteiger partial charge < -0.3 is 53.6 Å². The lowest BCUT2D eigenvalue weighted by atomic mass is 9.77. The first kappa shape index (κ1) is 32.7. The second-order valence-corrected chi connectivity index (χ2v) is 12.3. The minimum Gasteiger partial charge on any atom is -0.497 e. The molecule has 0 bridgehead atoms. The third kappa shape index (κ3) is 5.76. The summed E-state index contributed by atoms with van der Waals surface area (Å²) in [5.74, 6) is -0.462. The smallest absolute Gasteiger partial charge is 0.339 e. The van der Waals surface area contributed by atoms with Gasteiger partial charge in [-0.1, -0.05) is 12.2 Å². The zero-order valence-electron chi connectivity index (χ0n) is 25.8. The Balaban J connectivity index is 1.23. The van der Waals surface area contributed by atoms with Crippen molar-refractivity contribution in [3.8, 4) is 11.5 Å². The van der Waals surface area contributed by atoms with Gasteiger partial charge in [-0.2, -0.15) is 0 Å². The molecule has 5 aliphatic rings. The quantitative estimate of drug-likeness (QED) is 0.187. The summed E-state index contributed by atoms with van der Waals surface area (Å²) in [6.45, 7) is 1.17. The summed E-state index contributed by atoms with van der Waals surface area (Å²) in [5.41, 5.74) is -0.773. The van der Waals surface area contributed by atoms with Crippen LogP contribution in [-0.4, -0.2) is 126 Å². The van der Waals surface area contributed by atoms with Crippen LogP contribution in [0.2, 0.25) is 0 Å². The largest absolute Gasteiger partial charge is 0.497 e. The lowest BCUT2D eigenvalue weighted by molar-refractivity contribution is -0.177.